The van der Waals surface area contributed by atoms with Crippen LogP contribution in [0.4, 0.5) is 4.39 Å². The van der Waals surface area contributed by atoms with Crippen LogP contribution in [0.25, 0.3) is 0 Å². The smallest absolute Gasteiger partial charge is 0.191 e. The molecule has 1 atom stereocenters. The molecule has 148 valence electrons. The molecule has 7 heteroatoms. The minimum absolute atomic E-state index is 0.147. The number of aryl methyl sites for hydroxylation is 2. The van der Waals surface area contributed by atoms with Gasteiger partial charge < -0.3 is 19.9 Å². The van der Waals surface area contributed by atoms with Crippen LogP contribution in [0, 0.1) is 12.7 Å². The first-order valence-electron chi connectivity index (χ1n) is 9.50. The fourth-order valence-electron chi connectivity index (χ4n) is 2.63. The van der Waals surface area contributed by atoms with E-state index in [4.69, 9.17) is 4.74 Å². The van der Waals surface area contributed by atoms with Crippen LogP contribution >= 0.6 is 0 Å². The molecule has 0 radical (unpaired) electrons. The maximum absolute atomic E-state index is 13.2. The summed E-state index contributed by atoms with van der Waals surface area (Å²) in [6, 6.07) is 6.16. The van der Waals surface area contributed by atoms with Crippen molar-refractivity contribution in [2.45, 2.75) is 46.3 Å². The van der Waals surface area contributed by atoms with E-state index in [-0.39, 0.29) is 11.9 Å². The Labute approximate surface area is 160 Å². The molecule has 0 saturated heterocycles. The van der Waals surface area contributed by atoms with Gasteiger partial charge in [-0.05, 0) is 45.7 Å². The molecule has 1 heterocycles. The number of halogens is 1. The monoisotopic (exact) mass is 375 g/mol. The summed E-state index contributed by atoms with van der Waals surface area (Å²) in [4.78, 5) is 8.78. The maximum atomic E-state index is 13.2. The Morgan fingerprint density at radius 2 is 2.19 bits per heavy atom. The molecule has 0 aliphatic carbocycles. The van der Waals surface area contributed by atoms with Crippen LogP contribution in [0.3, 0.4) is 0 Å². The largest absolute Gasteiger partial charge is 0.489 e. The van der Waals surface area contributed by atoms with E-state index in [1.807, 2.05) is 33.2 Å². The highest BCUT2D eigenvalue weighted by Crippen LogP contribution is 2.13. The quantitative estimate of drug-likeness (QED) is 0.380. The van der Waals surface area contributed by atoms with Crippen molar-refractivity contribution in [3.8, 4) is 5.75 Å². The average Bonchev–Trinajstić information content (AvgIpc) is 3.04. The molecular weight excluding hydrogens is 345 g/mol. The topological polar surface area (TPSA) is 63.5 Å². The van der Waals surface area contributed by atoms with E-state index in [1.54, 1.807) is 12.1 Å². The number of nitrogens with zero attached hydrogens (tertiary/aromatic N) is 3. The second-order valence-corrected chi connectivity index (χ2v) is 6.41. The van der Waals surface area contributed by atoms with Gasteiger partial charge in [-0.3, -0.25) is 0 Å². The number of imidazole rings is 1. The van der Waals surface area contributed by atoms with E-state index in [0.29, 0.717) is 12.3 Å². The van der Waals surface area contributed by atoms with Crippen LogP contribution in [0.15, 0.2) is 41.7 Å². The molecule has 0 spiro atoms. The van der Waals surface area contributed by atoms with Gasteiger partial charge in [0, 0.05) is 38.1 Å². The fourth-order valence-corrected chi connectivity index (χ4v) is 2.63. The predicted octanol–water partition coefficient (Wildman–Crippen LogP) is 3.13. The molecule has 0 bridgehead atoms. The van der Waals surface area contributed by atoms with Gasteiger partial charge in [0.1, 0.15) is 23.5 Å². The van der Waals surface area contributed by atoms with Crippen molar-refractivity contribution in [3.05, 3.63) is 48.3 Å². The van der Waals surface area contributed by atoms with E-state index in [0.717, 1.165) is 44.3 Å². The van der Waals surface area contributed by atoms with Gasteiger partial charge in [0.2, 0.25) is 0 Å². The molecule has 1 aromatic carbocycles. The third-order valence-electron chi connectivity index (χ3n) is 4.03. The van der Waals surface area contributed by atoms with Crippen molar-refractivity contribution >= 4 is 5.96 Å². The first-order chi connectivity index (χ1) is 13.1. The average molecular weight is 375 g/mol. The van der Waals surface area contributed by atoms with E-state index >= 15 is 0 Å². The third-order valence-corrected chi connectivity index (χ3v) is 4.03. The molecule has 0 aliphatic rings. The predicted molar refractivity (Wildman–Crippen MR) is 107 cm³/mol. The molecule has 27 heavy (non-hydrogen) atoms. The van der Waals surface area contributed by atoms with E-state index in [2.05, 4.69) is 25.2 Å². The fraction of sp³-hybridized carbons (Fsp3) is 0.500. The second kappa shape index (κ2) is 11.2. The lowest BCUT2D eigenvalue weighted by atomic mass is 10.3. The molecular formula is C20H30FN5O. The molecule has 0 saturated carbocycles. The first kappa shape index (κ1) is 20.7. The minimum Gasteiger partial charge on any atom is -0.489 e. The van der Waals surface area contributed by atoms with Gasteiger partial charge in [-0.15, -0.1) is 0 Å². The number of aromatic nitrogens is 2. The molecule has 1 aromatic heterocycles. The highest BCUT2D eigenvalue weighted by molar-refractivity contribution is 5.79. The molecule has 0 amide bonds. The van der Waals surface area contributed by atoms with Gasteiger partial charge in [-0.25, -0.2) is 14.4 Å². The summed E-state index contributed by atoms with van der Waals surface area (Å²) in [6.07, 6.45) is 5.80. The zero-order chi connectivity index (χ0) is 19.5. The van der Waals surface area contributed by atoms with E-state index < -0.39 is 0 Å². The Bertz CT molecular complexity index is 716. The van der Waals surface area contributed by atoms with Crippen molar-refractivity contribution < 1.29 is 9.13 Å². The van der Waals surface area contributed by atoms with Crippen molar-refractivity contribution in [1.82, 2.24) is 20.2 Å². The van der Waals surface area contributed by atoms with E-state index in [1.165, 1.54) is 12.1 Å². The van der Waals surface area contributed by atoms with E-state index in [9.17, 15) is 4.39 Å². The van der Waals surface area contributed by atoms with Crippen molar-refractivity contribution in [3.63, 3.8) is 0 Å². The third kappa shape index (κ3) is 7.68. The van der Waals surface area contributed by atoms with Crippen LogP contribution in [0.2, 0.25) is 0 Å². The van der Waals surface area contributed by atoms with Crippen LogP contribution < -0.4 is 15.4 Å². The highest BCUT2D eigenvalue weighted by Gasteiger charge is 2.05. The Balaban J connectivity index is 1.71. The summed E-state index contributed by atoms with van der Waals surface area (Å²) in [5.41, 5.74) is 0. The Hall–Kier alpha value is -2.57. The first-order valence-corrected chi connectivity index (χ1v) is 9.50. The van der Waals surface area contributed by atoms with Gasteiger partial charge in [0.05, 0.1) is 6.54 Å². The zero-order valence-corrected chi connectivity index (χ0v) is 16.4. The lowest BCUT2D eigenvalue weighted by Crippen LogP contribution is -2.38. The molecule has 2 aromatic rings. The van der Waals surface area contributed by atoms with Gasteiger partial charge in [0.15, 0.2) is 5.96 Å². The number of unbranched alkanes of at least 4 members (excludes halogenated alkanes) is 1. The summed E-state index contributed by atoms with van der Waals surface area (Å²) < 4.78 is 21.1. The highest BCUT2D eigenvalue weighted by atomic mass is 19.1. The Kier molecular flexibility index (Phi) is 8.61. The van der Waals surface area contributed by atoms with Crippen LogP contribution in [0.5, 0.6) is 5.75 Å². The SMILES string of the molecule is CCNC(=NCC(C)Oc1cccc(F)c1)NCCCCn1ccnc1C. The molecule has 0 aliphatic heterocycles. The van der Waals surface area contributed by atoms with Gasteiger partial charge in [-0.1, -0.05) is 6.07 Å². The molecule has 2 N–H and O–H groups in total. The van der Waals surface area contributed by atoms with Crippen molar-refractivity contribution in [2.24, 2.45) is 4.99 Å². The van der Waals surface area contributed by atoms with Crippen LogP contribution in [0.1, 0.15) is 32.5 Å². The van der Waals surface area contributed by atoms with Crippen molar-refractivity contribution in [2.75, 3.05) is 19.6 Å². The van der Waals surface area contributed by atoms with Gasteiger partial charge in [-0.2, -0.15) is 0 Å². The normalized spacial score (nSPS) is 12.7. The number of hydrogen-bond acceptors (Lipinski definition) is 3. The number of benzene rings is 1. The van der Waals surface area contributed by atoms with Crippen LogP contribution in [-0.2, 0) is 6.54 Å². The summed E-state index contributed by atoms with van der Waals surface area (Å²) in [6.45, 7) is 9.07. The lowest BCUT2D eigenvalue weighted by Gasteiger charge is -2.15. The summed E-state index contributed by atoms with van der Waals surface area (Å²) in [7, 11) is 0. The molecule has 6 nitrogen and oxygen atoms in total. The van der Waals surface area contributed by atoms with Crippen molar-refractivity contribution in [1.29, 1.82) is 0 Å². The molecule has 1 unspecified atom stereocenters. The zero-order valence-electron chi connectivity index (χ0n) is 16.4. The number of hydrogen-bond donors (Lipinski definition) is 2. The number of nitrogens with one attached hydrogen (secondary N) is 2. The Morgan fingerprint density at radius 1 is 1.33 bits per heavy atom. The number of guanidine groups is 1. The number of aliphatic imine (C=N–C) groups is 1. The standard InChI is InChI=1S/C20H30FN5O/c1-4-22-20(24-10-5-6-12-26-13-11-23-17(26)3)25-15-16(2)27-19-9-7-8-18(21)14-19/h7-9,11,13-14,16H,4-6,10,12,15H2,1-3H3,(H2,22,24,25). The van der Waals surface area contributed by atoms with Crippen LogP contribution in [-0.4, -0.2) is 41.2 Å². The summed E-state index contributed by atoms with van der Waals surface area (Å²) in [5.74, 6) is 2.03. The minimum atomic E-state index is -0.302. The second-order valence-electron chi connectivity index (χ2n) is 6.41. The Morgan fingerprint density at radius 3 is 2.89 bits per heavy atom. The van der Waals surface area contributed by atoms with Gasteiger partial charge >= 0.3 is 0 Å². The van der Waals surface area contributed by atoms with Gasteiger partial charge in [0.25, 0.3) is 0 Å². The lowest BCUT2D eigenvalue weighted by molar-refractivity contribution is 0.229. The number of ether oxygens (including phenoxy) is 1. The maximum Gasteiger partial charge on any atom is 0.191 e. The number of rotatable bonds is 10. The molecule has 0 fully saturated rings. The summed E-state index contributed by atoms with van der Waals surface area (Å²) >= 11 is 0. The molecule has 2 rings (SSSR count). The summed E-state index contributed by atoms with van der Waals surface area (Å²) in [5, 5.41) is 6.57.